The van der Waals surface area contributed by atoms with Gasteiger partial charge in [0.25, 0.3) is 0 Å². The molecule has 2 heterocycles. The average Bonchev–Trinajstić information content (AvgIpc) is 3.10. The van der Waals surface area contributed by atoms with Gasteiger partial charge in [0.2, 0.25) is 0 Å². The molecule has 3 atom stereocenters. The second kappa shape index (κ2) is 7.62. The lowest BCUT2D eigenvalue weighted by molar-refractivity contribution is 0.0427. The number of para-hydroxylation sites is 1. The third-order valence-corrected chi connectivity index (χ3v) is 4.57. The fraction of sp³-hybridized carbons (Fsp3) is 0.500. The SMILES string of the molecule is CC1CCN(CC(O)COc2ccccc2)CC1n1ccnc1. The number of piperidine rings is 1. The summed E-state index contributed by atoms with van der Waals surface area (Å²) >= 11 is 0. The third-order valence-electron chi connectivity index (χ3n) is 4.57. The molecule has 0 spiro atoms. The number of aliphatic hydroxyl groups excluding tert-OH is 1. The van der Waals surface area contributed by atoms with E-state index in [1.807, 2.05) is 49.1 Å². The number of aromatic nitrogens is 2. The summed E-state index contributed by atoms with van der Waals surface area (Å²) in [6.07, 6.45) is 6.40. The molecule has 1 aromatic heterocycles. The molecule has 3 unspecified atom stereocenters. The minimum atomic E-state index is -0.480. The van der Waals surface area contributed by atoms with Crippen molar-refractivity contribution in [1.82, 2.24) is 14.5 Å². The third kappa shape index (κ3) is 4.33. The van der Waals surface area contributed by atoms with Crippen molar-refractivity contribution >= 4 is 0 Å². The summed E-state index contributed by atoms with van der Waals surface area (Å²) in [5, 5.41) is 10.3. The van der Waals surface area contributed by atoms with Gasteiger partial charge in [-0.3, -0.25) is 4.90 Å². The van der Waals surface area contributed by atoms with Gasteiger partial charge < -0.3 is 14.4 Å². The van der Waals surface area contributed by atoms with Crippen molar-refractivity contribution in [3.8, 4) is 5.75 Å². The predicted molar refractivity (Wildman–Crippen MR) is 89.4 cm³/mol. The van der Waals surface area contributed by atoms with Gasteiger partial charge in [0.05, 0.1) is 6.33 Å². The summed E-state index contributed by atoms with van der Waals surface area (Å²) < 4.78 is 7.82. The van der Waals surface area contributed by atoms with E-state index in [0.717, 1.165) is 25.3 Å². The lowest BCUT2D eigenvalue weighted by Crippen LogP contribution is -2.44. The van der Waals surface area contributed by atoms with Crippen molar-refractivity contribution in [1.29, 1.82) is 0 Å². The van der Waals surface area contributed by atoms with E-state index in [1.54, 1.807) is 0 Å². The smallest absolute Gasteiger partial charge is 0.119 e. The van der Waals surface area contributed by atoms with Gasteiger partial charge in [-0.25, -0.2) is 4.98 Å². The van der Waals surface area contributed by atoms with E-state index in [1.165, 1.54) is 0 Å². The maximum Gasteiger partial charge on any atom is 0.119 e. The molecule has 0 bridgehead atoms. The zero-order valence-corrected chi connectivity index (χ0v) is 13.6. The Hall–Kier alpha value is -1.85. The van der Waals surface area contributed by atoms with Crippen LogP contribution in [-0.2, 0) is 0 Å². The second-order valence-electron chi connectivity index (χ2n) is 6.38. The van der Waals surface area contributed by atoms with Crippen LogP contribution in [0.15, 0.2) is 49.1 Å². The lowest BCUT2D eigenvalue weighted by atomic mass is 9.93. The number of rotatable bonds is 6. The molecule has 0 amide bonds. The summed E-state index contributed by atoms with van der Waals surface area (Å²) in [6, 6.07) is 10.1. The molecule has 5 heteroatoms. The molecule has 2 aromatic rings. The van der Waals surface area contributed by atoms with Crippen LogP contribution in [0.2, 0.25) is 0 Å². The van der Waals surface area contributed by atoms with Crippen LogP contribution in [0.25, 0.3) is 0 Å². The molecule has 5 nitrogen and oxygen atoms in total. The van der Waals surface area contributed by atoms with E-state index in [4.69, 9.17) is 4.74 Å². The zero-order valence-electron chi connectivity index (χ0n) is 13.6. The van der Waals surface area contributed by atoms with E-state index in [0.29, 0.717) is 25.1 Å². The number of hydrogen-bond donors (Lipinski definition) is 1. The highest BCUT2D eigenvalue weighted by Gasteiger charge is 2.28. The molecular weight excluding hydrogens is 290 g/mol. The first-order chi connectivity index (χ1) is 11.2. The Morgan fingerprint density at radius 2 is 2.17 bits per heavy atom. The van der Waals surface area contributed by atoms with Crippen LogP contribution >= 0.6 is 0 Å². The van der Waals surface area contributed by atoms with Gasteiger partial charge in [-0.2, -0.15) is 0 Å². The number of nitrogens with zero attached hydrogens (tertiary/aromatic N) is 3. The van der Waals surface area contributed by atoms with E-state index >= 15 is 0 Å². The fourth-order valence-corrected chi connectivity index (χ4v) is 3.19. The minimum Gasteiger partial charge on any atom is -0.491 e. The summed E-state index contributed by atoms with van der Waals surface area (Å²) in [7, 11) is 0. The van der Waals surface area contributed by atoms with Gasteiger partial charge in [0.1, 0.15) is 18.5 Å². The van der Waals surface area contributed by atoms with Crippen LogP contribution in [0.4, 0.5) is 0 Å². The van der Waals surface area contributed by atoms with Crippen molar-refractivity contribution in [2.45, 2.75) is 25.5 Å². The summed E-state index contributed by atoms with van der Waals surface area (Å²) in [6.45, 7) is 5.22. The van der Waals surface area contributed by atoms with E-state index in [2.05, 4.69) is 21.4 Å². The Balaban J connectivity index is 1.49. The average molecular weight is 315 g/mol. The number of ether oxygens (including phenoxy) is 1. The molecule has 124 valence electrons. The molecule has 0 saturated carbocycles. The highest BCUT2D eigenvalue weighted by Crippen LogP contribution is 2.27. The molecule has 0 aliphatic carbocycles. The van der Waals surface area contributed by atoms with Gasteiger partial charge in [-0.05, 0) is 31.0 Å². The van der Waals surface area contributed by atoms with Gasteiger partial charge in [0.15, 0.2) is 0 Å². The topological polar surface area (TPSA) is 50.5 Å². The van der Waals surface area contributed by atoms with Crippen LogP contribution in [0.5, 0.6) is 5.75 Å². The number of likely N-dealkylation sites (tertiary alicyclic amines) is 1. The fourth-order valence-electron chi connectivity index (χ4n) is 3.19. The first-order valence-electron chi connectivity index (χ1n) is 8.28. The van der Waals surface area contributed by atoms with Crippen molar-refractivity contribution < 1.29 is 9.84 Å². The zero-order chi connectivity index (χ0) is 16.1. The first-order valence-corrected chi connectivity index (χ1v) is 8.28. The highest BCUT2D eigenvalue weighted by atomic mass is 16.5. The van der Waals surface area contributed by atoms with Crippen LogP contribution in [0.3, 0.4) is 0 Å². The van der Waals surface area contributed by atoms with Crippen molar-refractivity contribution in [2.24, 2.45) is 5.92 Å². The van der Waals surface area contributed by atoms with Crippen LogP contribution in [0.1, 0.15) is 19.4 Å². The number of aliphatic hydroxyl groups is 1. The molecular formula is C18H25N3O2. The molecule has 1 aromatic carbocycles. The largest absolute Gasteiger partial charge is 0.491 e. The van der Waals surface area contributed by atoms with Gasteiger partial charge >= 0.3 is 0 Å². The van der Waals surface area contributed by atoms with Crippen LogP contribution in [0, 0.1) is 5.92 Å². The first kappa shape index (κ1) is 16.0. The van der Waals surface area contributed by atoms with E-state index in [9.17, 15) is 5.11 Å². The summed E-state index contributed by atoms with van der Waals surface area (Å²) in [5.41, 5.74) is 0. The quantitative estimate of drug-likeness (QED) is 0.888. The molecule has 0 radical (unpaired) electrons. The van der Waals surface area contributed by atoms with Crippen LogP contribution in [-0.4, -0.2) is 51.9 Å². The maximum absolute atomic E-state index is 10.3. The molecule has 1 fully saturated rings. The van der Waals surface area contributed by atoms with Crippen molar-refractivity contribution in [3.05, 3.63) is 49.1 Å². The van der Waals surface area contributed by atoms with Gasteiger partial charge in [-0.15, -0.1) is 0 Å². The Morgan fingerprint density at radius 3 is 2.91 bits per heavy atom. The maximum atomic E-state index is 10.3. The number of benzene rings is 1. The van der Waals surface area contributed by atoms with Gasteiger partial charge in [0, 0.05) is 31.5 Å². The second-order valence-corrected chi connectivity index (χ2v) is 6.38. The minimum absolute atomic E-state index is 0.325. The normalized spacial score (nSPS) is 23.6. The standard InChI is InChI=1S/C18H25N3O2/c1-15-7-9-20(12-18(15)21-10-8-19-14-21)11-16(22)13-23-17-5-3-2-4-6-17/h2-6,8,10,14-16,18,22H,7,9,11-13H2,1H3. The predicted octanol–water partition coefficient (Wildman–Crippen LogP) is 2.21. The highest BCUT2D eigenvalue weighted by molar-refractivity contribution is 5.20. The van der Waals surface area contributed by atoms with Crippen molar-refractivity contribution in [2.75, 3.05) is 26.2 Å². The Bertz CT molecular complexity index is 573. The monoisotopic (exact) mass is 315 g/mol. The van der Waals surface area contributed by atoms with Crippen molar-refractivity contribution in [3.63, 3.8) is 0 Å². The Kier molecular flexibility index (Phi) is 5.31. The van der Waals surface area contributed by atoms with E-state index in [-0.39, 0.29) is 0 Å². The number of hydrogen-bond acceptors (Lipinski definition) is 4. The van der Waals surface area contributed by atoms with Gasteiger partial charge in [-0.1, -0.05) is 25.1 Å². The molecule has 1 aliphatic heterocycles. The molecule has 1 N–H and O–H groups in total. The lowest BCUT2D eigenvalue weighted by Gasteiger charge is -2.38. The number of imidazole rings is 1. The molecule has 3 rings (SSSR count). The summed E-state index contributed by atoms with van der Waals surface area (Å²) in [4.78, 5) is 6.48. The Morgan fingerprint density at radius 1 is 1.35 bits per heavy atom. The van der Waals surface area contributed by atoms with Crippen LogP contribution < -0.4 is 4.74 Å². The Labute approximate surface area is 137 Å². The van der Waals surface area contributed by atoms with E-state index < -0.39 is 6.10 Å². The number of β-amino-alcohol motifs (C(OH)–C–C–N with tert-alkyl or cyclic N) is 1. The molecule has 1 saturated heterocycles. The molecule has 1 aliphatic rings. The molecule has 23 heavy (non-hydrogen) atoms. The summed E-state index contributed by atoms with van der Waals surface area (Å²) in [5.74, 6) is 1.42.